The number of nitrogens with zero attached hydrogens (tertiary/aromatic N) is 4. The van der Waals surface area contributed by atoms with Crippen LogP contribution >= 0.6 is 0 Å². The summed E-state index contributed by atoms with van der Waals surface area (Å²) in [6, 6.07) is 0. The average molecular weight is 282 g/mol. The second kappa shape index (κ2) is 5.89. The van der Waals surface area contributed by atoms with E-state index in [1.807, 2.05) is 13.8 Å². The lowest BCUT2D eigenvalue weighted by molar-refractivity contribution is 0.0564. The van der Waals surface area contributed by atoms with Crippen molar-refractivity contribution in [3.63, 3.8) is 0 Å². The average Bonchev–Trinajstić information content (AvgIpc) is 2.96. The Morgan fingerprint density at radius 2 is 1.75 bits per heavy atom. The van der Waals surface area contributed by atoms with Crippen LogP contribution in [0.5, 0.6) is 0 Å². The molecule has 0 unspecified atom stereocenters. The quantitative estimate of drug-likeness (QED) is 0.794. The lowest BCUT2D eigenvalue weighted by atomic mass is 10.2. The predicted molar refractivity (Wildman–Crippen MR) is 68.3 cm³/mol. The minimum atomic E-state index is -0.378. The van der Waals surface area contributed by atoms with Crippen molar-refractivity contribution >= 4 is 12.0 Å². The highest BCUT2D eigenvalue weighted by molar-refractivity contribution is 5.89. The first-order valence-corrected chi connectivity index (χ1v) is 6.48. The highest BCUT2D eigenvalue weighted by Crippen LogP contribution is 2.14. The normalized spacial score (nSPS) is 15.6. The van der Waals surface area contributed by atoms with Gasteiger partial charge in [-0.2, -0.15) is 0 Å². The highest BCUT2D eigenvalue weighted by atomic mass is 16.5. The maximum atomic E-state index is 12.2. The van der Waals surface area contributed by atoms with Gasteiger partial charge in [-0.25, -0.2) is 4.79 Å². The number of carbonyl (C=O) groups excluding carboxylic acids is 2. The zero-order valence-electron chi connectivity index (χ0n) is 11.8. The van der Waals surface area contributed by atoms with Crippen LogP contribution in [0.3, 0.4) is 0 Å². The second-order valence-electron chi connectivity index (χ2n) is 4.85. The van der Waals surface area contributed by atoms with Crippen molar-refractivity contribution in [1.29, 1.82) is 0 Å². The molecule has 8 nitrogen and oxygen atoms in total. The molecule has 0 atom stereocenters. The van der Waals surface area contributed by atoms with E-state index >= 15 is 0 Å². The Labute approximate surface area is 116 Å². The molecule has 1 aromatic heterocycles. The summed E-state index contributed by atoms with van der Waals surface area (Å²) in [7, 11) is 1.34. The van der Waals surface area contributed by atoms with Gasteiger partial charge >= 0.3 is 17.9 Å². The minimum Gasteiger partial charge on any atom is -0.453 e. The van der Waals surface area contributed by atoms with Crippen molar-refractivity contribution in [2.45, 2.75) is 19.8 Å². The third-order valence-corrected chi connectivity index (χ3v) is 3.12. The summed E-state index contributed by atoms with van der Waals surface area (Å²) in [4.78, 5) is 26.7. The Morgan fingerprint density at radius 1 is 1.15 bits per heavy atom. The summed E-state index contributed by atoms with van der Waals surface area (Å²) in [5.41, 5.74) is 0. The van der Waals surface area contributed by atoms with E-state index in [4.69, 9.17) is 4.42 Å². The molecule has 1 aliphatic heterocycles. The van der Waals surface area contributed by atoms with Crippen LogP contribution in [0, 0.1) is 0 Å². The van der Waals surface area contributed by atoms with Gasteiger partial charge in [0.05, 0.1) is 7.11 Å². The van der Waals surface area contributed by atoms with Crippen LogP contribution in [-0.4, -0.2) is 65.3 Å². The van der Waals surface area contributed by atoms with Crippen molar-refractivity contribution in [1.82, 2.24) is 20.0 Å². The number of aromatic nitrogens is 2. The van der Waals surface area contributed by atoms with E-state index < -0.39 is 0 Å². The molecule has 0 bridgehead atoms. The lowest BCUT2D eigenvalue weighted by Crippen LogP contribution is -2.50. The van der Waals surface area contributed by atoms with Gasteiger partial charge in [0.1, 0.15) is 0 Å². The van der Waals surface area contributed by atoms with E-state index in [2.05, 4.69) is 14.9 Å². The molecule has 2 heterocycles. The summed E-state index contributed by atoms with van der Waals surface area (Å²) in [5.74, 6) is 0.232. The van der Waals surface area contributed by atoms with Gasteiger partial charge in [-0.3, -0.25) is 4.79 Å². The van der Waals surface area contributed by atoms with Crippen molar-refractivity contribution in [2.24, 2.45) is 0 Å². The number of hydrogen-bond donors (Lipinski definition) is 0. The van der Waals surface area contributed by atoms with E-state index in [0.29, 0.717) is 32.1 Å². The molecular formula is C12H18N4O4. The smallest absolute Gasteiger partial charge is 0.409 e. The van der Waals surface area contributed by atoms with Crippen LogP contribution in [0.25, 0.3) is 0 Å². The van der Waals surface area contributed by atoms with Gasteiger partial charge < -0.3 is 19.0 Å². The first-order valence-electron chi connectivity index (χ1n) is 6.48. The maximum Gasteiger partial charge on any atom is 0.409 e. The second-order valence-corrected chi connectivity index (χ2v) is 4.85. The Hall–Kier alpha value is -2.12. The first kappa shape index (κ1) is 14.3. The SMILES string of the molecule is COC(=O)N1CCN(C(=O)c2nnc(C(C)C)o2)CC1. The molecule has 2 amide bonds. The summed E-state index contributed by atoms with van der Waals surface area (Å²) in [5, 5.41) is 7.61. The van der Waals surface area contributed by atoms with Gasteiger partial charge in [-0.1, -0.05) is 13.8 Å². The van der Waals surface area contributed by atoms with Crippen molar-refractivity contribution in [2.75, 3.05) is 33.3 Å². The molecule has 1 aliphatic rings. The molecule has 0 saturated carbocycles. The summed E-state index contributed by atoms with van der Waals surface area (Å²) in [6.07, 6.45) is -0.378. The molecule has 1 saturated heterocycles. The van der Waals surface area contributed by atoms with Crippen molar-refractivity contribution in [3.8, 4) is 0 Å². The number of piperazine rings is 1. The topological polar surface area (TPSA) is 88.8 Å². The van der Waals surface area contributed by atoms with E-state index in [0.717, 1.165) is 0 Å². The molecule has 0 N–H and O–H groups in total. The number of rotatable bonds is 2. The molecule has 20 heavy (non-hydrogen) atoms. The first-order chi connectivity index (χ1) is 9.52. The standard InChI is InChI=1S/C12H18N4O4/c1-8(2)9-13-14-10(20-9)11(17)15-4-6-16(7-5-15)12(18)19-3/h8H,4-7H2,1-3H3. The third kappa shape index (κ3) is 2.89. The summed E-state index contributed by atoms with van der Waals surface area (Å²) < 4.78 is 9.98. The predicted octanol–water partition coefficient (Wildman–Crippen LogP) is 0.717. The summed E-state index contributed by atoms with van der Waals surface area (Å²) >= 11 is 0. The number of amides is 2. The zero-order valence-corrected chi connectivity index (χ0v) is 11.8. The molecule has 0 aliphatic carbocycles. The Morgan fingerprint density at radius 3 is 2.25 bits per heavy atom. The fraction of sp³-hybridized carbons (Fsp3) is 0.667. The summed E-state index contributed by atoms with van der Waals surface area (Å²) in [6.45, 7) is 5.54. The van der Waals surface area contributed by atoms with Crippen LogP contribution in [0.1, 0.15) is 36.3 Å². The van der Waals surface area contributed by atoms with Gasteiger partial charge in [-0.15, -0.1) is 10.2 Å². The van der Waals surface area contributed by atoms with Crippen LogP contribution in [0.4, 0.5) is 4.79 Å². The molecular weight excluding hydrogens is 264 g/mol. The Balaban J connectivity index is 1.96. The molecule has 0 spiro atoms. The minimum absolute atomic E-state index is 0.000202. The highest BCUT2D eigenvalue weighted by Gasteiger charge is 2.28. The van der Waals surface area contributed by atoms with E-state index in [1.54, 1.807) is 9.80 Å². The molecule has 1 aromatic rings. The van der Waals surface area contributed by atoms with Gasteiger partial charge in [0.2, 0.25) is 5.89 Å². The number of ether oxygens (including phenoxy) is 1. The number of hydrogen-bond acceptors (Lipinski definition) is 6. The van der Waals surface area contributed by atoms with Crippen molar-refractivity contribution in [3.05, 3.63) is 11.8 Å². The molecule has 0 aromatic carbocycles. The maximum absolute atomic E-state index is 12.2. The van der Waals surface area contributed by atoms with Crippen molar-refractivity contribution < 1.29 is 18.7 Å². The van der Waals surface area contributed by atoms with Gasteiger partial charge in [0.25, 0.3) is 0 Å². The third-order valence-electron chi connectivity index (χ3n) is 3.12. The molecule has 0 radical (unpaired) electrons. The fourth-order valence-electron chi connectivity index (χ4n) is 1.91. The van der Waals surface area contributed by atoms with Crippen LogP contribution < -0.4 is 0 Å². The van der Waals surface area contributed by atoms with Gasteiger partial charge in [0.15, 0.2) is 0 Å². The fourth-order valence-corrected chi connectivity index (χ4v) is 1.91. The van der Waals surface area contributed by atoms with Gasteiger partial charge in [0, 0.05) is 32.1 Å². The molecule has 2 rings (SSSR count). The monoisotopic (exact) mass is 282 g/mol. The molecule has 1 fully saturated rings. The number of methoxy groups -OCH3 is 1. The van der Waals surface area contributed by atoms with Gasteiger partial charge in [-0.05, 0) is 0 Å². The van der Waals surface area contributed by atoms with Crippen LogP contribution in [-0.2, 0) is 4.74 Å². The Kier molecular flexibility index (Phi) is 4.21. The van der Waals surface area contributed by atoms with E-state index in [-0.39, 0.29) is 23.8 Å². The van der Waals surface area contributed by atoms with Crippen LogP contribution in [0.15, 0.2) is 4.42 Å². The molecule has 8 heteroatoms. The molecule has 110 valence electrons. The zero-order chi connectivity index (χ0) is 14.7. The largest absolute Gasteiger partial charge is 0.453 e. The van der Waals surface area contributed by atoms with E-state index in [9.17, 15) is 9.59 Å². The van der Waals surface area contributed by atoms with Crippen LogP contribution in [0.2, 0.25) is 0 Å². The van der Waals surface area contributed by atoms with E-state index in [1.165, 1.54) is 7.11 Å². The number of carbonyl (C=O) groups is 2. The Bertz CT molecular complexity index is 491. The lowest BCUT2D eigenvalue weighted by Gasteiger charge is -2.32.